The highest BCUT2D eigenvalue weighted by atomic mass is 16.6. The molecule has 1 unspecified atom stereocenters. The monoisotopic (exact) mass is 386 g/mol. The molecule has 2 aromatic rings. The fourth-order valence-corrected chi connectivity index (χ4v) is 2.72. The van der Waals surface area contributed by atoms with Crippen LogP contribution in [-0.4, -0.2) is 27.3 Å². The van der Waals surface area contributed by atoms with Gasteiger partial charge in [-0.1, -0.05) is 42.5 Å². The van der Waals surface area contributed by atoms with E-state index in [1.54, 1.807) is 30.3 Å². The quantitative estimate of drug-likeness (QED) is 0.298. The van der Waals surface area contributed by atoms with Gasteiger partial charge in [0.05, 0.1) is 22.4 Å². The Labute approximate surface area is 160 Å². The van der Waals surface area contributed by atoms with Crippen molar-refractivity contribution in [1.82, 2.24) is 0 Å². The van der Waals surface area contributed by atoms with Gasteiger partial charge in [-0.2, -0.15) is 0 Å². The van der Waals surface area contributed by atoms with Gasteiger partial charge in [-0.25, -0.2) is 0 Å². The summed E-state index contributed by atoms with van der Waals surface area (Å²) in [5.74, 6) is -2.58. The lowest BCUT2D eigenvalue weighted by molar-refractivity contribution is -0.436. The van der Waals surface area contributed by atoms with Gasteiger partial charge >= 0.3 is 11.6 Å². The third-order valence-corrected chi connectivity index (χ3v) is 4.00. The minimum atomic E-state index is -1.24. The molecule has 2 aromatic carbocycles. The van der Waals surface area contributed by atoms with E-state index in [0.717, 1.165) is 6.07 Å². The second-order valence-corrected chi connectivity index (χ2v) is 5.78. The van der Waals surface area contributed by atoms with Crippen molar-refractivity contribution in [3.63, 3.8) is 0 Å². The molecule has 0 saturated carbocycles. The molecule has 0 aliphatic rings. The molecule has 0 radical (unpaired) electrons. The largest absolute Gasteiger partial charge is 0.476 e. The van der Waals surface area contributed by atoms with Crippen molar-refractivity contribution in [1.29, 1.82) is 0 Å². The van der Waals surface area contributed by atoms with Crippen LogP contribution in [-0.2, 0) is 4.74 Å². The number of allylic oxidation sites excluding steroid dienone is 1. The SMILES string of the molecule is CCO/C(O)=C(/C(CC(=O)c1ccccc1)c1cccc([N+](=O)[O-])c1)[N+](=O)[O-]. The molecule has 0 aliphatic heterocycles. The van der Waals surface area contributed by atoms with Crippen LogP contribution in [0.3, 0.4) is 0 Å². The molecule has 0 saturated heterocycles. The zero-order chi connectivity index (χ0) is 20.7. The van der Waals surface area contributed by atoms with Gasteiger partial charge in [-0.3, -0.25) is 25.0 Å². The Morgan fingerprint density at radius 2 is 1.79 bits per heavy atom. The molecular formula is C19H18N2O7. The molecule has 0 amide bonds. The van der Waals surface area contributed by atoms with E-state index in [9.17, 15) is 30.1 Å². The van der Waals surface area contributed by atoms with Crippen LogP contribution in [0.25, 0.3) is 0 Å². The lowest BCUT2D eigenvalue weighted by atomic mass is 9.88. The van der Waals surface area contributed by atoms with Crippen molar-refractivity contribution in [3.05, 3.63) is 97.6 Å². The zero-order valence-corrected chi connectivity index (χ0v) is 15.0. The molecule has 9 heteroatoms. The Kier molecular flexibility index (Phi) is 6.80. The maximum atomic E-state index is 12.7. The van der Waals surface area contributed by atoms with E-state index in [0.29, 0.717) is 5.56 Å². The van der Waals surface area contributed by atoms with Crippen LogP contribution in [0.2, 0.25) is 0 Å². The number of rotatable bonds is 9. The van der Waals surface area contributed by atoms with Gasteiger partial charge in [0.2, 0.25) is 0 Å². The number of Topliss-reactive ketones (excluding diaryl/α,β-unsaturated/α-hetero) is 1. The number of ketones is 1. The summed E-state index contributed by atoms with van der Waals surface area (Å²) in [6.07, 6.45) is -0.376. The number of benzene rings is 2. The van der Waals surface area contributed by atoms with E-state index in [4.69, 9.17) is 4.74 Å². The number of hydrogen-bond donors (Lipinski definition) is 1. The summed E-state index contributed by atoms with van der Waals surface area (Å²) in [4.78, 5) is 33.9. The van der Waals surface area contributed by atoms with E-state index < -0.39 is 33.2 Å². The fourth-order valence-electron chi connectivity index (χ4n) is 2.72. The number of nitrogens with zero attached hydrogens (tertiary/aromatic N) is 2. The molecule has 0 fully saturated rings. The van der Waals surface area contributed by atoms with Crippen LogP contribution in [0.15, 0.2) is 66.2 Å². The third-order valence-electron chi connectivity index (χ3n) is 4.00. The first kappa shape index (κ1) is 20.6. The summed E-state index contributed by atoms with van der Waals surface area (Å²) in [6, 6.07) is 13.3. The number of non-ortho nitro benzene ring substituents is 1. The lowest BCUT2D eigenvalue weighted by Crippen LogP contribution is -2.18. The molecular weight excluding hydrogens is 368 g/mol. The van der Waals surface area contributed by atoms with Crippen molar-refractivity contribution in [2.24, 2.45) is 0 Å². The average molecular weight is 386 g/mol. The Bertz CT molecular complexity index is 910. The summed E-state index contributed by atoms with van der Waals surface area (Å²) in [6.45, 7) is 1.50. The van der Waals surface area contributed by atoms with Gasteiger partial charge in [-0.05, 0) is 12.5 Å². The summed E-state index contributed by atoms with van der Waals surface area (Å²) < 4.78 is 4.88. The van der Waals surface area contributed by atoms with Crippen molar-refractivity contribution in [3.8, 4) is 0 Å². The first-order valence-electron chi connectivity index (χ1n) is 8.38. The molecule has 0 aromatic heterocycles. The summed E-state index contributed by atoms with van der Waals surface area (Å²) in [5.41, 5.74) is -0.534. The third kappa shape index (κ3) is 4.91. The van der Waals surface area contributed by atoms with Gasteiger partial charge in [0.25, 0.3) is 5.69 Å². The van der Waals surface area contributed by atoms with Crippen LogP contribution in [0.4, 0.5) is 5.69 Å². The highest BCUT2D eigenvalue weighted by molar-refractivity contribution is 5.96. The Morgan fingerprint density at radius 3 is 2.36 bits per heavy atom. The molecule has 0 aliphatic carbocycles. The number of nitro benzene ring substituents is 1. The number of nitro groups is 2. The Balaban J connectivity index is 2.56. The molecule has 28 heavy (non-hydrogen) atoms. The van der Waals surface area contributed by atoms with Crippen LogP contribution in [0.5, 0.6) is 0 Å². The number of aliphatic hydroxyl groups excluding tert-OH is 1. The molecule has 1 atom stereocenters. The van der Waals surface area contributed by atoms with E-state index in [1.807, 2.05) is 0 Å². The molecule has 146 valence electrons. The highest BCUT2D eigenvalue weighted by Crippen LogP contribution is 2.33. The van der Waals surface area contributed by atoms with Crippen LogP contribution >= 0.6 is 0 Å². The smallest absolute Gasteiger partial charge is 0.354 e. The molecule has 0 spiro atoms. The molecule has 0 heterocycles. The molecule has 1 N–H and O–H groups in total. The number of carbonyl (C=O) groups is 1. The predicted molar refractivity (Wildman–Crippen MR) is 99.5 cm³/mol. The van der Waals surface area contributed by atoms with Crippen molar-refractivity contribution >= 4 is 11.5 Å². The summed E-state index contributed by atoms with van der Waals surface area (Å²) in [7, 11) is 0. The maximum absolute atomic E-state index is 12.7. The van der Waals surface area contributed by atoms with E-state index in [1.165, 1.54) is 25.1 Å². The zero-order valence-electron chi connectivity index (χ0n) is 15.0. The van der Waals surface area contributed by atoms with Gasteiger partial charge < -0.3 is 9.84 Å². The Hall–Kier alpha value is -3.75. The predicted octanol–water partition coefficient (Wildman–Crippen LogP) is 3.99. The number of aliphatic hydroxyl groups is 1. The second-order valence-electron chi connectivity index (χ2n) is 5.78. The van der Waals surface area contributed by atoms with Gasteiger partial charge in [0.15, 0.2) is 5.78 Å². The Morgan fingerprint density at radius 1 is 1.11 bits per heavy atom. The molecule has 9 nitrogen and oxygen atoms in total. The minimum absolute atomic E-state index is 0.0303. The van der Waals surface area contributed by atoms with Gasteiger partial charge in [-0.15, -0.1) is 0 Å². The van der Waals surface area contributed by atoms with Crippen molar-refractivity contribution < 1.29 is 24.5 Å². The first-order valence-corrected chi connectivity index (χ1v) is 8.38. The normalized spacial score (nSPS) is 12.6. The number of ether oxygens (including phenoxy) is 1. The fraction of sp³-hybridized carbons (Fsp3) is 0.211. The second kappa shape index (κ2) is 9.26. The summed E-state index contributed by atoms with van der Waals surface area (Å²) >= 11 is 0. The molecule has 0 bridgehead atoms. The van der Waals surface area contributed by atoms with Crippen molar-refractivity contribution in [2.75, 3.05) is 6.61 Å². The van der Waals surface area contributed by atoms with Crippen LogP contribution in [0, 0.1) is 20.2 Å². The standard InChI is InChI=1S/C19H18N2O7/c1-2-28-19(23)18(21(26)27)16(12-17(22)13-7-4-3-5-8-13)14-9-6-10-15(11-14)20(24)25/h3-11,16,23H,2,12H2,1H3/b19-18-. The number of hydrogen-bond acceptors (Lipinski definition) is 7. The maximum Gasteiger partial charge on any atom is 0.354 e. The first-order chi connectivity index (χ1) is 13.3. The molecule has 2 rings (SSSR count). The van der Waals surface area contributed by atoms with Gasteiger partial charge in [0, 0.05) is 24.1 Å². The van der Waals surface area contributed by atoms with E-state index in [2.05, 4.69) is 0 Å². The average Bonchev–Trinajstić information content (AvgIpc) is 2.68. The van der Waals surface area contributed by atoms with E-state index in [-0.39, 0.29) is 24.3 Å². The van der Waals surface area contributed by atoms with Crippen LogP contribution < -0.4 is 0 Å². The lowest BCUT2D eigenvalue weighted by Gasteiger charge is -2.15. The van der Waals surface area contributed by atoms with Gasteiger partial charge in [0.1, 0.15) is 0 Å². The number of carbonyl (C=O) groups excluding carboxylic acids is 1. The highest BCUT2D eigenvalue weighted by Gasteiger charge is 2.35. The topological polar surface area (TPSA) is 133 Å². The van der Waals surface area contributed by atoms with E-state index >= 15 is 0 Å². The summed E-state index contributed by atoms with van der Waals surface area (Å²) in [5, 5.41) is 32.8. The van der Waals surface area contributed by atoms with Crippen molar-refractivity contribution in [2.45, 2.75) is 19.3 Å². The minimum Gasteiger partial charge on any atom is -0.476 e. The van der Waals surface area contributed by atoms with Crippen LogP contribution in [0.1, 0.15) is 35.2 Å².